The van der Waals surface area contributed by atoms with Crippen LogP contribution < -0.4 is 10.3 Å². The third-order valence-electron chi connectivity index (χ3n) is 6.47. The van der Waals surface area contributed by atoms with Crippen molar-refractivity contribution >= 4 is 11.0 Å². The van der Waals surface area contributed by atoms with Crippen LogP contribution in [0.1, 0.15) is 66.1 Å². The van der Waals surface area contributed by atoms with Crippen molar-refractivity contribution in [1.82, 2.24) is 24.7 Å². The van der Waals surface area contributed by atoms with Crippen LogP contribution in [0.25, 0.3) is 11.0 Å². The van der Waals surface area contributed by atoms with E-state index in [4.69, 9.17) is 0 Å². The summed E-state index contributed by atoms with van der Waals surface area (Å²) in [5.74, 6) is 0.00950. The largest absolute Gasteiger partial charge is 0.618 e. The van der Waals surface area contributed by atoms with Crippen LogP contribution in [0.2, 0.25) is 0 Å². The van der Waals surface area contributed by atoms with Gasteiger partial charge in [-0.05, 0) is 31.4 Å². The second kappa shape index (κ2) is 8.19. The van der Waals surface area contributed by atoms with Gasteiger partial charge in [-0.15, -0.1) is 0 Å². The lowest BCUT2D eigenvalue weighted by Gasteiger charge is -2.34. The van der Waals surface area contributed by atoms with Crippen LogP contribution in [0.15, 0.2) is 47.5 Å². The molecule has 178 valence electrons. The van der Waals surface area contributed by atoms with Gasteiger partial charge in [-0.25, -0.2) is 9.67 Å². The van der Waals surface area contributed by atoms with Crippen LogP contribution in [-0.4, -0.2) is 24.7 Å². The molecule has 4 heterocycles. The lowest BCUT2D eigenvalue weighted by molar-refractivity contribution is -0.616. The molecule has 5 rings (SSSR count). The Morgan fingerprint density at radius 2 is 2.03 bits per heavy atom. The summed E-state index contributed by atoms with van der Waals surface area (Å²) in [6.07, 6.45) is -0.623. The third-order valence-corrected chi connectivity index (χ3v) is 6.47. The van der Waals surface area contributed by atoms with Crippen molar-refractivity contribution in [3.8, 4) is 6.07 Å². The molecule has 0 unspecified atom stereocenters. The molecule has 1 fully saturated rings. The average molecular weight is 481 g/mol. The number of halogens is 3. The molecule has 0 aromatic carbocycles. The molecular formula is C23H18F3N7O2. The maximum Gasteiger partial charge on any atom is 0.433 e. The minimum atomic E-state index is -4.57. The highest BCUT2D eigenvalue weighted by molar-refractivity contribution is 5.80. The predicted molar refractivity (Wildman–Crippen MR) is 116 cm³/mol. The number of nitrogens with one attached hydrogen (secondary N) is 1. The molecule has 1 N–H and O–H groups in total. The van der Waals surface area contributed by atoms with Crippen molar-refractivity contribution in [3.63, 3.8) is 0 Å². The van der Waals surface area contributed by atoms with Crippen molar-refractivity contribution in [2.45, 2.75) is 43.8 Å². The van der Waals surface area contributed by atoms with E-state index in [1.807, 2.05) is 6.07 Å². The second-order valence-corrected chi connectivity index (χ2v) is 8.45. The first-order valence-electron chi connectivity index (χ1n) is 10.8. The van der Waals surface area contributed by atoms with E-state index >= 15 is 0 Å². The van der Waals surface area contributed by atoms with E-state index in [2.05, 4.69) is 20.1 Å². The maximum atomic E-state index is 13.0. The van der Waals surface area contributed by atoms with Gasteiger partial charge in [-0.3, -0.25) is 9.78 Å². The maximum absolute atomic E-state index is 13.0. The Hall–Kier alpha value is -4.27. The van der Waals surface area contributed by atoms with Crippen molar-refractivity contribution in [1.29, 1.82) is 5.26 Å². The van der Waals surface area contributed by atoms with Gasteiger partial charge < -0.3 is 10.2 Å². The van der Waals surface area contributed by atoms with Crippen LogP contribution >= 0.6 is 0 Å². The monoisotopic (exact) mass is 481 g/mol. The zero-order valence-electron chi connectivity index (χ0n) is 18.3. The smallest absolute Gasteiger partial charge is 0.433 e. The first-order valence-corrected chi connectivity index (χ1v) is 10.8. The van der Waals surface area contributed by atoms with Gasteiger partial charge in [-0.2, -0.15) is 28.3 Å². The highest BCUT2D eigenvalue weighted by Gasteiger charge is 2.40. The zero-order valence-corrected chi connectivity index (χ0v) is 18.3. The number of aromatic nitrogens is 6. The van der Waals surface area contributed by atoms with E-state index in [1.165, 1.54) is 16.9 Å². The molecule has 3 atom stereocenters. The first-order chi connectivity index (χ1) is 16.7. The molecule has 0 amide bonds. The molecule has 9 nitrogen and oxygen atoms in total. The molecule has 1 aliphatic carbocycles. The number of aromatic amines is 1. The molecule has 0 aliphatic heterocycles. The molecular weight excluding hydrogens is 463 g/mol. The van der Waals surface area contributed by atoms with Crippen molar-refractivity contribution in [3.05, 3.63) is 86.8 Å². The fourth-order valence-corrected chi connectivity index (χ4v) is 4.46. The zero-order chi connectivity index (χ0) is 24.9. The van der Waals surface area contributed by atoms with Gasteiger partial charge in [0.15, 0.2) is 23.2 Å². The Labute approximate surface area is 196 Å². The lowest BCUT2D eigenvalue weighted by Crippen LogP contribution is -2.38. The predicted octanol–water partition coefficient (Wildman–Crippen LogP) is 3.31. The molecule has 0 saturated heterocycles. The summed E-state index contributed by atoms with van der Waals surface area (Å²) in [6, 6.07) is 8.51. The Morgan fingerprint density at radius 1 is 1.26 bits per heavy atom. The number of nitrogens with zero attached hydrogens (tertiary/aromatic N) is 6. The summed E-state index contributed by atoms with van der Waals surface area (Å²) >= 11 is 0. The van der Waals surface area contributed by atoms with Crippen LogP contribution in [0, 0.1) is 16.5 Å². The number of pyridine rings is 2. The summed E-state index contributed by atoms with van der Waals surface area (Å²) in [5.41, 5.74) is -0.602. The summed E-state index contributed by atoms with van der Waals surface area (Å²) < 4.78 is 40.8. The average Bonchev–Trinajstić information content (AvgIpc) is 3.18. The van der Waals surface area contributed by atoms with Gasteiger partial charge in [0.1, 0.15) is 23.0 Å². The molecule has 0 bridgehead atoms. The summed E-state index contributed by atoms with van der Waals surface area (Å²) in [4.78, 5) is 23.8. The highest BCUT2D eigenvalue weighted by atomic mass is 19.4. The van der Waals surface area contributed by atoms with Gasteiger partial charge in [-0.1, -0.05) is 12.1 Å². The highest BCUT2D eigenvalue weighted by Crippen LogP contribution is 2.47. The second-order valence-electron chi connectivity index (χ2n) is 8.45. The molecule has 1 saturated carbocycles. The minimum Gasteiger partial charge on any atom is -0.618 e. The van der Waals surface area contributed by atoms with Gasteiger partial charge in [0.25, 0.3) is 5.56 Å². The van der Waals surface area contributed by atoms with E-state index in [0.29, 0.717) is 23.5 Å². The third kappa shape index (κ3) is 3.78. The van der Waals surface area contributed by atoms with Crippen molar-refractivity contribution in [2.75, 3.05) is 0 Å². The SMILES string of the molecule is C[C@@H](c1ccc(C(F)(F)F)nc1)n1nc(C#N)c2c(=O)[nH]c([C@@H]3CC[C@H]3c3cccc[n+]3[O-])nc21. The van der Waals surface area contributed by atoms with E-state index < -0.39 is 23.5 Å². The van der Waals surface area contributed by atoms with E-state index in [0.717, 1.165) is 23.4 Å². The normalized spacial score (nSPS) is 18.7. The topological polar surface area (TPSA) is 127 Å². The number of hydrogen-bond donors (Lipinski definition) is 1. The molecule has 4 aromatic heterocycles. The number of nitriles is 1. The van der Waals surface area contributed by atoms with Gasteiger partial charge in [0.2, 0.25) is 0 Å². The van der Waals surface area contributed by atoms with Crippen molar-refractivity contribution in [2.24, 2.45) is 0 Å². The van der Waals surface area contributed by atoms with Gasteiger partial charge in [0, 0.05) is 24.2 Å². The molecule has 12 heteroatoms. The Balaban J connectivity index is 1.58. The Morgan fingerprint density at radius 3 is 2.63 bits per heavy atom. The molecule has 1 aliphatic rings. The van der Waals surface area contributed by atoms with Crippen molar-refractivity contribution < 1.29 is 17.9 Å². The quantitative estimate of drug-likeness (QED) is 0.352. The minimum absolute atomic E-state index is 0.00237. The number of rotatable bonds is 4. The van der Waals surface area contributed by atoms with Gasteiger partial charge in [0.05, 0.1) is 12.0 Å². The standard InChI is InChI=1S/C23H18F3N7O2/c1-12(13-5-8-18(28-11-13)23(24,25)26)33-21-19(16(10-27)31-33)22(34)30-20(29-21)15-7-6-14(15)17-4-2-3-9-32(17)35/h2-5,8-9,11-12,14-15H,6-7H2,1H3,(H,29,30,34)/t12-,14+,15+/m0/s1. The molecule has 4 aromatic rings. The van der Waals surface area contributed by atoms with E-state index in [1.54, 1.807) is 25.1 Å². The number of alkyl halides is 3. The van der Waals surface area contributed by atoms with Crippen LogP contribution in [0.3, 0.4) is 0 Å². The van der Waals surface area contributed by atoms with Crippen LogP contribution in [-0.2, 0) is 6.18 Å². The number of H-pyrrole nitrogens is 1. The van der Waals surface area contributed by atoms with E-state index in [-0.39, 0.29) is 28.6 Å². The molecule has 35 heavy (non-hydrogen) atoms. The summed E-state index contributed by atoms with van der Waals surface area (Å²) in [7, 11) is 0. The lowest BCUT2D eigenvalue weighted by atomic mass is 9.71. The first kappa shape index (κ1) is 22.5. The Kier molecular flexibility index (Phi) is 5.27. The molecule has 0 radical (unpaired) electrons. The van der Waals surface area contributed by atoms with Crippen LogP contribution in [0.5, 0.6) is 0 Å². The van der Waals surface area contributed by atoms with Crippen LogP contribution in [0.4, 0.5) is 13.2 Å². The van der Waals surface area contributed by atoms with Gasteiger partial charge >= 0.3 is 6.18 Å². The number of hydrogen-bond acceptors (Lipinski definition) is 6. The number of fused-ring (bicyclic) bond motifs is 1. The summed E-state index contributed by atoms with van der Waals surface area (Å²) in [6.45, 7) is 1.66. The summed E-state index contributed by atoms with van der Waals surface area (Å²) in [5, 5.41) is 26.0. The molecule has 0 spiro atoms. The Bertz CT molecular complexity index is 1520. The van der Waals surface area contributed by atoms with E-state index in [9.17, 15) is 28.4 Å². The fraction of sp³-hybridized carbons (Fsp3) is 0.304. The fourth-order valence-electron chi connectivity index (χ4n) is 4.46.